The number of hydrogen-bond acceptors (Lipinski definition) is 4. The summed E-state index contributed by atoms with van der Waals surface area (Å²) in [4.78, 5) is 18.8. The summed E-state index contributed by atoms with van der Waals surface area (Å²) in [6.45, 7) is 4.20. The van der Waals surface area contributed by atoms with E-state index in [1.807, 2.05) is 49.1 Å². The lowest BCUT2D eigenvalue weighted by atomic mass is 9.96. The molecule has 0 amide bonds. The Labute approximate surface area is 198 Å². The van der Waals surface area contributed by atoms with Gasteiger partial charge in [-0.25, -0.2) is 4.98 Å². The highest BCUT2D eigenvalue weighted by molar-refractivity contribution is 6.12. The molecule has 4 nitrogen and oxygen atoms in total. The third kappa shape index (κ3) is 3.59. The second-order valence-electron chi connectivity index (χ2n) is 8.64. The second kappa shape index (κ2) is 8.16. The largest absolute Gasteiger partial charge is 0.260 e. The monoisotopic (exact) mass is 438 g/mol. The van der Waals surface area contributed by atoms with Gasteiger partial charge in [-0.1, -0.05) is 48.0 Å². The number of rotatable bonds is 3. The van der Waals surface area contributed by atoms with Crippen LogP contribution in [0.15, 0.2) is 97.6 Å². The minimum atomic E-state index is 0.826. The summed E-state index contributed by atoms with van der Waals surface area (Å²) in [6, 6.07) is 25.1. The highest BCUT2D eigenvalue weighted by Gasteiger charge is 2.13. The quantitative estimate of drug-likeness (QED) is 0.274. The highest BCUT2D eigenvalue weighted by Crippen LogP contribution is 2.35. The van der Waals surface area contributed by atoms with E-state index >= 15 is 0 Å². The minimum Gasteiger partial charge on any atom is -0.260 e. The molecular weight excluding hydrogens is 416 g/mol. The molecule has 0 unspecified atom stereocenters. The lowest BCUT2D eigenvalue weighted by molar-refractivity contribution is 1.21. The Morgan fingerprint density at radius 2 is 1.38 bits per heavy atom. The zero-order valence-electron chi connectivity index (χ0n) is 19.0. The molecule has 0 spiro atoms. The van der Waals surface area contributed by atoms with Crippen LogP contribution in [0.4, 0.5) is 0 Å². The Hall–Kier alpha value is -4.44. The first kappa shape index (κ1) is 20.2. The van der Waals surface area contributed by atoms with E-state index in [1.54, 1.807) is 0 Å². The maximum atomic E-state index is 5.03. The third-order valence-electron chi connectivity index (χ3n) is 6.12. The van der Waals surface area contributed by atoms with Crippen molar-refractivity contribution < 1.29 is 0 Å². The Balaban J connectivity index is 1.52. The predicted molar refractivity (Wildman–Crippen MR) is 138 cm³/mol. The minimum absolute atomic E-state index is 0.826. The maximum Gasteiger partial charge on any atom is 0.0899 e. The molecule has 6 aromatic rings. The number of hydrogen-bond donors (Lipinski definition) is 0. The van der Waals surface area contributed by atoms with Crippen molar-refractivity contribution >= 4 is 21.7 Å². The number of pyridine rings is 2. The molecule has 0 fully saturated rings. The SMILES string of the molecule is Cc1cnc2cc(-c3cncc(-c4cccc(-c5ccccn5)c4)n3)c3ccc(C)cc3c2c1. The van der Waals surface area contributed by atoms with Gasteiger partial charge in [0, 0.05) is 34.5 Å². The van der Waals surface area contributed by atoms with E-state index in [0.29, 0.717) is 0 Å². The molecule has 0 N–H and O–H groups in total. The fourth-order valence-electron chi connectivity index (χ4n) is 4.46. The summed E-state index contributed by atoms with van der Waals surface area (Å²) >= 11 is 0. The zero-order valence-corrected chi connectivity index (χ0v) is 19.0. The Morgan fingerprint density at radius 3 is 2.24 bits per heavy atom. The molecule has 0 saturated heterocycles. The van der Waals surface area contributed by atoms with Crippen molar-refractivity contribution in [1.29, 1.82) is 0 Å². The van der Waals surface area contributed by atoms with Crippen LogP contribution in [0.3, 0.4) is 0 Å². The van der Waals surface area contributed by atoms with Crippen LogP contribution < -0.4 is 0 Å². The van der Waals surface area contributed by atoms with Gasteiger partial charge in [0.1, 0.15) is 0 Å². The van der Waals surface area contributed by atoms with Crippen molar-refractivity contribution in [2.24, 2.45) is 0 Å². The van der Waals surface area contributed by atoms with Gasteiger partial charge in [0.2, 0.25) is 0 Å². The van der Waals surface area contributed by atoms with E-state index < -0.39 is 0 Å². The van der Waals surface area contributed by atoms with Crippen LogP contribution in [0.2, 0.25) is 0 Å². The van der Waals surface area contributed by atoms with E-state index in [1.165, 1.54) is 10.9 Å². The molecule has 0 aliphatic heterocycles. The van der Waals surface area contributed by atoms with Crippen LogP contribution >= 0.6 is 0 Å². The first-order chi connectivity index (χ1) is 16.7. The summed E-state index contributed by atoms with van der Waals surface area (Å²) < 4.78 is 0. The summed E-state index contributed by atoms with van der Waals surface area (Å²) in [6.07, 6.45) is 7.38. The third-order valence-corrected chi connectivity index (χ3v) is 6.12. The summed E-state index contributed by atoms with van der Waals surface area (Å²) in [5, 5.41) is 3.50. The lowest BCUT2D eigenvalue weighted by Crippen LogP contribution is -1.94. The molecule has 0 bridgehead atoms. The van der Waals surface area contributed by atoms with Crippen molar-refractivity contribution in [2.45, 2.75) is 13.8 Å². The molecule has 0 aliphatic carbocycles. The molecule has 0 aliphatic rings. The molecule has 34 heavy (non-hydrogen) atoms. The van der Waals surface area contributed by atoms with E-state index in [2.05, 4.69) is 72.3 Å². The van der Waals surface area contributed by atoms with Gasteiger partial charge in [0.05, 0.1) is 35.0 Å². The number of benzene rings is 3. The fraction of sp³-hybridized carbons (Fsp3) is 0.0667. The van der Waals surface area contributed by atoms with Gasteiger partial charge in [-0.2, -0.15) is 0 Å². The normalized spacial score (nSPS) is 11.2. The Bertz CT molecular complexity index is 1670. The van der Waals surface area contributed by atoms with Crippen LogP contribution in [-0.4, -0.2) is 19.9 Å². The number of fused-ring (bicyclic) bond motifs is 3. The molecule has 4 heteroatoms. The van der Waals surface area contributed by atoms with Gasteiger partial charge in [-0.3, -0.25) is 15.0 Å². The van der Waals surface area contributed by atoms with Gasteiger partial charge in [-0.05, 0) is 60.5 Å². The van der Waals surface area contributed by atoms with Crippen LogP contribution in [0.25, 0.3) is 55.4 Å². The average Bonchev–Trinajstić information content (AvgIpc) is 2.89. The standard InChI is InChI=1S/C30H22N4/c1-19-9-10-23-24(12-19)25-13-20(2)16-33-28(25)15-26(23)30-18-31-17-29(34-30)22-7-5-6-21(14-22)27-8-3-4-11-32-27/h3-18H,1-2H3. The Kier molecular flexibility index (Phi) is 4.84. The van der Waals surface area contributed by atoms with Gasteiger partial charge < -0.3 is 0 Å². The molecule has 3 aromatic carbocycles. The van der Waals surface area contributed by atoms with Crippen molar-refractivity contribution in [1.82, 2.24) is 19.9 Å². The molecule has 0 saturated carbocycles. The smallest absolute Gasteiger partial charge is 0.0899 e. The number of aryl methyl sites for hydroxylation is 2. The van der Waals surface area contributed by atoms with E-state index in [0.717, 1.165) is 55.6 Å². The second-order valence-corrected chi connectivity index (χ2v) is 8.64. The molecule has 3 heterocycles. The summed E-state index contributed by atoms with van der Waals surface area (Å²) in [7, 11) is 0. The van der Waals surface area contributed by atoms with Crippen molar-refractivity contribution in [3.63, 3.8) is 0 Å². The maximum absolute atomic E-state index is 5.03. The lowest BCUT2D eigenvalue weighted by Gasteiger charge is -2.12. The Morgan fingerprint density at radius 1 is 0.559 bits per heavy atom. The van der Waals surface area contributed by atoms with Crippen LogP contribution in [-0.2, 0) is 0 Å². The van der Waals surface area contributed by atoms with Crippen molar-refractivity contribution in [3.05, 3.63) is 109 Å². The van der Waals surface area contributed by atoms with Gasteiger partial charge >= 0.3 is 0 Å². The molecular formula is C30H22N4. The van der Waals surface area contributed by atoms with E-state index in [-0.39, 0.29) is 0 Å². The number of aromatic nitrogens is 4. The van der Waals surface area contributed by atoms with Gasteiger partial charge in [0.15, 0.2) is 0 Å². The zero-order chi connectivity index (χ0) is 23.1. The molecule has 3 aromatic heterocycles. The summed E-state index contributed by atoms with van der Waals surface area (Å²) in [5.41, 5.74) is 9.02. The fourth-order valence-corrected chi connectivity index (χ4v) is 4.46. The highest BCUT2D eigenvalue weighted by atomic mass is 14.8. The topological polar surface area (TPSA) is 51.6 Å². The van der Waals surface area contributed by atoms with Gasteiger partial charge in [0.25, 0.3) is 0 Å². The van der Waals surface area contributed by atoms with Crippen LogP contribution in [0, 0.1) is 13.8 Å². The molecule has 0 atom stereocenters. The predicted octanol–water partition coefficient (Wildman–Crippen LogP) is 7.19. The molecule has 162 valence electrons. The van der Waals surface area contributed by atoms with E-state index in [4.69, 9.17) is 9.97 Å². The van der Waals surface area contributed by atoms with E-state index in [9.17, 15) is 0 Å². The molecule has 0 radical (unpaired) electrons. The van der Waals surface area contributed by atoms with Crippen molar-refractivity contribution in [3.8, 4) is 33.8 Å². The molecule has 6 rings (SSSR count). The first-order valence-corrected chi connectivity index (χ1v) is 11.3. The van der Waals surface area contributed by atoms with Crippen molar-refractivity contribution in [2.75, 3.05) is 0 Å². The van der Waals surface area contributed by atoms with Gasteiger partial charge in [-0.15, -0.1) is 0 Å². The van der Waals surface area contributed by atoms with Crippen LogP contribution in [0.5, 0.6) is 0 Å². The van der Waals surface area contributed by atoms with Crippen LogP contribution in [0.1, 0.15) is 11.1 Å². The first-order valence-electron chi connectivity index (χ1n) is 11.3. The average molecular weight is 439 g/mol. The summed E-state index contributed by atoms with van der Waals surface area (Å²) in [5.74, 6) is 0. The number of nitrogens with zero attached hydrogens (tertiary/aromatic N) is 4.